The second kappa shape index (κ2) is 9.98. The molecule has 0 atom stereocenters. The number of hydrogen-bond acceptors (Lipinski definition) is 6. The third kappa shape index (κ3) is 4.97. The van der Waals surface area contributed by atoms with Crippen LogP contribution in [0.4, 0.5) is 0 Å². The minimum atomic E-state index is -0.286. The van der Waals surface area contributed by atoms with Crippen molar-refractivity contribution in [2.75, 3.05) is 13.2 Å². The van der Waals surface area contributed by atoms with Gasteiger partial charge in [0.05, 0.1) is 11.1 Å². The molecule has 0 bridgehead atoms. The van der Waals surface area contributed by atoms with Crippen molar-refractivity contribution in [3.63, 3.8) is 0 Å². The molecule has 0 saturated heterocycles. The number of phenols is 2. The van der Waals surface area contributed by atoms with Gasteiger partial charge in [-0.3, -0.25) is 9.59 Å². The van der Waals surface area contributed by atoms with Gasteiger partial charge in [0.15, 0.2) is 11.6 Å². The van der Waals surface area contributed by atoms with Gasteiger partial charge >= 0.3 is 0 Å². The van der Waals surface area contributed by atoms with E-state index in [1.54, 1.807) is 38.1 Å². The van der Waals surface area contributed by atoms with Gasteiger partial charge in [0.1, 0.15) is 36.2 Å². The number of ether oxygens (including phenoxy) is 2. The van der Waals surface area contributed by atoms with Crippen LogP contribution >= 0.6 is 0 Å². The van der Waals surface area contributed by atoms with Crippen LogP contribution in [0.1, 0.15) is 56.8 Å². The molecular formula is C25H28O6. The fraction of sp³-hybridized carbons (Fsp3) is 0.280. The highest BCUT2D eigenvalue weighted by Crippen LogP contribution is 2.40. The first kappa shape index (κ1) is 23.7. The lowest BCUT2D eigenvalue weighted by Crippen LogP contribution is -2.08. The van der Waals surface area contributed by atoms with E-state index in [1.807, 2.05) is 0 Å². The number of benzene rings is 2. The van der Waals surface area contributed by atoms with Crippen molar-refractivity contribution in [2.24, 2.45) is 0 Å². The van der Waals surface area contributed by atoms with E-state index in [9.17, 15) is 19.8 Å². The van der Waals surface area contributed by atoms with Gasteiger partial charge in [0.2, 0.25) is 0 Å². The molecule has 2 rings (SSSR count). The van der Waals surface area contributed by atoms with E-state index in [0.717, 1.165) is 0 Å². The topological polar surface area (TPSA) is 93.1 Å². The molecule has 6 nitrogen and oxygen atoms in total. The largest absolute Gasteiger partial charge is 0.507 e. The van der Waals surface area contributed by atoms with Crippen molar-refractivity contribution in [3.05, 3.63) is 70.8 Å². The van der Waals surface area contributed by atoms with Crippen LogP contribution in [-0.2, 0) is 6.42 Å². The molecule has 0 unspecified atom stereocenters. The van der Waals surface area contributed by atoms with Gasteiger partial charge in [-0.1, -0.05) is 25.3 Å². The quantitative estimate of drug-likeness (QED) is 0.419. The molecule has 2 aromatic carbocycles. The average molecular weight is 424 g/mol. The molecule has 0 heterocycles. The minimum absolute atomic E-state index is 0.134. The Morgan fingerprint density at radius 3 is 1.48 bits per heavy atom. The first-order valence-electron chi connectivity index (χ1n) is 9.84. The van der Waals surface area contributed by atoms with Gasteiger partial charge in [0.25, 0.3) is 0 Å². The summed E-state index contributed by atoms with van der Waals surface area (Å²) in [5.41, 5.74) is 2.47. The highest BCUT2D eigenvalue weighted by molar-refractivity contribution is 5.98. The monoisotopic (exact) mass is 424 g/mol. The van der Waals surface area contributed by atoms with E-state index in [2.05, 4.69) is 13.2 Å². The Bertz CT molecular complexity index is 965. The normalized spacial score (nSPS) is 10.5. The van der Waals surface area contributed by atoms with Crippen LogP contribution in [0.2, 0.25) is 0 Å². The first-order chi connectivity index (χ1) is 14.6. The molecule has 0 aliphatic heterocycles. The fourth-order valence-electron chi connectivity index (χ4n) is 3.41. The Kier molecular flexibility index (Phi) is 7.64. The summed E-state index contributed by atoms with van der Waals surface area (Å²) in [5, 5.41) is 20.9. The number of ketones is 2. The van der Waals surface area contributed by atoms with Gasteiger partial charge in [-0.25, -0.2) is 0 Å². The van der Waals surface area contributed by atoms with Crippen LogP contribution in [0.5, 0.6) is 23.0 Å². The molecule has 0 aliphatic rings. The Morgan fingerprint density at radius 1 is 0.839 bits per heavy atom. The van der Waals surface area contributed by atoms with Crippen LogP contribution in [-0.4, -0.2) is 35.0 Å². The number of phenolic OH excluding ortho intramolecular Hbond substituents is 2. The summed E-state index contributed by atoms with van der Waals surface area (Å²) in [6, 6.07) is 3.16. The third-order valence-electron chi connectivity index (χ3n) is 4.95. The zero-order valence-corrected chi connectivity index (χ0v) is 18.4. The molecular weight excluding hydrogens is 396 g/mol. The van der Waals surface area contributed by atoms with Crippen molar-refractivity contribution in [1.82, 2.24) is 0 Å². The SMILES string of the molecule is C=CCOc1c(Cc2cc(C(C)=O)c(O)c(C)c2OCC=C)cc(C(C)=O)c(O)c1C. The highest BCUT2D eigenvalue weighted by Gasteiger charge is 2.23. The maximum atomic E-state index is 12.1. The number of hydrogen-bond donors (Lipinski definition) is 2. The van der Waals surface area contributed by atoms with Gasteiger partial charge in [0, 0.05) is 17.5 Å². The smallest absolute Gasteiger partial charge is 0.163 e. The zero-order valence-electron chi connectivity index (χ0n) is 18.4. The van der Waals surface area contributed by atoms with E-state index < -0.39 is 0 Å². The maximum Gasteiger partial charge on any atom is 0.163 e. The predicted molar refractivity (Wildman–Crippen MR) is 120 cm³/mol. The van der Waals surface area contributed by atoms with Crippen LogP contribution in [0.15, 0.2) is 37.4 Å². The summed E-state index contributed by atoms with van der Waals surface area (Å²) < 4.78 is 11.6. The highest BCUT2D eigenvalue weighted by atomic mass is 16.5. The summed E-state index contributed by atoms with van der Waals surface area (Å²) >= 11 is 0. The van der Waals surface area contributed by atoms with E-state index in [-0.39, 0.29) is 53.8 Å². The molecule has 31 heavy (non-hydrogen) atoms. The van der Waals surface area contributed by atoms with Crippen LogP contribution in [0, 0.1) is 13.8 Å². The average Bonchev–Trinajstić information content (AvgIpc) is 2.71. The lowest BCUT2D eigenvalue weighted by atomic mass is 9.93. The van der Waals surface area contributed by atoms with Crippen LogP contribution < -0.4 is 9.47 Å². The Balaban J connectivity index is 2.75. The number of carbonyl (C=O) groups is 2. The van der Waals surface area contributed by atoms with Crippen molar-refractivity contribution in [3.8, 4) is 23.0 Å². The molecule has 0 radical (unpaired) electrons. The van der Waals surface area contributed by atoms with Gasteiger partial charge in [-0.2, -0.15) is 0 Å². The Hall–Kier alpha value is -3.54. The summed E-state index contributed by atoms with van der Waals surface area (Å²) in [6.45, 7) is 13.8. The van der Waals surface area contributed by atoms with Crippen molar-refractivity contribution in [1.29, 1.82) is 0 Å². The fourth-order valence-corrected chi connectivity index (χ4v) is 3.41. The number of Topliss-reactive ketones (excluding diaryl/α,β-unsaturated/α-hetero) is 2. The summed E-state index contributed by atoms with van der Waals surface area (Å²) in [5.74, 6) is 0.00647. The third-order valence-corrected chi connectivity index (χ3v) is 4.95. The van der Waals surface area contributed by atoms with Crippen molar-refractivity contribution < 1.29 is 29.3 Å². The van der Waals surface area contributed by atoms with E-state index in [0.29, 0.717) is 33.8 Å². The van der Waals surface area contributed by atoms with E-state index >= 15 is 0 Å². The minimum Gasteiger partial charge on any atom is -0.507 e. The number of rotatable bonds is 10. The molecule has 0 aliphatic carbocycles. The molecule has 164 valence electrons. The number of carbonyl (C=O) groups excluding carboxylic acids is 2. The molecule has 2 N–H and O–H groups in total. The predicted octanol–water partition coefficient (Wildman–Crippen LogP) is 4.84. The maximum absolute atomic E-state index is 12.1. The van der Waals surface area contributed by atoms with Crippen LogP contribution in [0.3, 0.4) is 0 Å². The van der Waals surface area contributed by atoms with Gasteiger partial charge in [-0.15, -0.1) is 0 Å². The van der Waals surface area contributed by atoms with E-state index in [4.69, 9.17) is 9.47 Å². The summed E-state index contributed by atoms with van der Waals surface area (Å²) in [6.07, 6.45) is 3.40. The van der Waals surface area contributed by atoms with Gasteiger partial charge < -0.3 is 19.7 Å². The standard InChI is InChI=1S/C25H28O6/c1-7-9-30-24-14(3)22(28)20(16(5)26)12-18(24)11-19-13-21(17(6)27)23(29)15(4)25(19)31-10-8-2/h7-8,12-13,28-29H,1-2,9-11H2,3-6H3. The molecule has 0 spiro atoms. The van der Waals surface area contributed by atoms with E-state index in [1.165, 1.54) is 13.8 Å². The first-order valence-corrected chi connectivity index (χ1v) is 9.84. The molecule has 0 aromatic heterocycles. The van der Waals surface area contributed by atoms with Crippen molar-refractivity contribution in [2.45, 2.75) is 34.1 Å². The molecule has 6 heteroatoms. The van der Waals surface area contributed by atoms with Crippen LogP contribution in [0.25, 0.3) is 0 Å². The lowest BCUT2D eigenvalue weighted by molar-refractivity contribution is 0.100. The second-order valence-electron chi connectivity index (χ2n) is 7.26. The van der Waals surface area contributed by atoms with Gasteiger partial charge in [-0.05, 0) is 51.0 Å². The summed E-state index contributed by atoms with van der Waals surface area (Å²) in [4.78, 5) is 24.1. The zero-order chi connectivity index (χ0) is 23.3. The molecule has 0 fully saturated rings. The summed E-state index contributed by atoms with van der Waals surface area (Å²) in [7, 11) is 0. The Labute approximate surface area is 182 Å². The number of aromatic hydroxyl groups is 2. The molecule has 0 amide bonds. The Morgan fingerprint density at radius 2 is 1.19 bits per heavy atom. The van der Waals surface area contributed by atoms with Crippen molar-refractivity contribution >= 4 is 11.6 Å². The molecule has 0 saturated carbocycles. The second-order valence-corrected chi connectivity index (χ2v) is 7.26. The lowest BCUT2D eigenvalue weighted by Gasteiger charge is -2.20. The molecule has 2 aromatic rings.